The van der Waals surface area contributed by atoms with Crippen LogP contribution in [-0.2, 0) is 4.74 Å². The van der Waals surface area contributed by atoms with Crippen molar-refractivity contribution in [3.8, 4) is 0 Å². The van der Waals surface area contributed by atoms with Gasteiger partial charge in [0.25, 0.3) is 5.91 Å². The number of hydrazine groups is 1. The maximum atomic E-state index is 12.0. The number of pyridine rings is 1. The van der Waals surface area contributed by atoms with Crippen molar-refractivity contribution in [2.24, 2.45) is 5.84 Å². The number of hydrogen-bond acceptors (Lipinski definition) is 6. The lowest BCUT2D eigenvalue weighted by Crippen LogP contribution is -2.41. The molecule has 0 aliphatic carbocycles. The van der Waals surface area contributed by atoms with Crippen LogP contribution in [0.15, 0.2) is 18.5 Å². The average Bonchev–Trinajstić information content (AvgIpc) is 2.48. The van der Waals surface area contributed by atoms with Crippen molar-refractivity contribution in [3.63, 3.8) is 0 Å². The Kier molecular flexibility index (Phi) is 5.08. The smallest absolute Gasteiger partial charge is 0.253 e. The number of nitrogens with zero attached hydrogens (tertiary/aromatic N) is 2. The molecule has 0 bridgehead atoms. The Labute approximate surface area is 112 Å². The highest BCUT2D eigenvalue weighted by Crippen LogP contribution is 2.11. The molecular weight excluding hydrogens is 246 g/mol. The zero-order chi connectivity index (χ0) is 13.5. The second-order valence-corrected chi connectivity index (χ2v) is 4.28. The van der Waals surface area contributed by atoms with Crippen molar-refractivity contribution >= 4 is 11.6 Å². The molecule has 0 spiro atoms. The Morgan fingerprint density at radius 1 is 1.47 bits per heavy atom. The Morgan fingerprint density at radius 3 is 3.00 bits per heavy atom. The van der Waals surface area contributed by atoms with Crippen LogP contribution >= 0.6 is 0 Å². The molecule has 1 aromatic rings. The molecule has 0 unspecified atom stereocenters. The van der Waals surface area contributed by atoms with Crippen molar-refractivity contribution in [1.29, 1.82) is 0 Å². The molecule has 19 heavy (non-hydrogen) atoms. The Balaban J connectivity index is 1.80. The maximum absolute atomic E-state index is 12.0. The van der Waals surface area contributed by atoms with Crippen LogP contribution in [0.3, 0.4) is 0 Å². The van der Waals surface area contributed by atoms with Crippen molar-refractivity contribution < 1.29 is 9.53 Å². The molecule has 7 nitrogen and oxygen atoms in total. The summed E-state index contributed by atoms with van der Waals surface area (Å²) in [7, 11) is 0. The lowest BCUT2D eigenvalue weighted by atomic mass is 10.2. The number of amides is 1. The molecular formula is C12H19N5O2. The minimum Gasteiger partial charge on any atom is -0.379 e. The number of carbonyl (C=O) groups is 1. The van der Waals surface area contributed by atoms with Crippen molar-refractivity contribution in [3.05, 3.63) is 24.0 Å². The van der Waals surface area contributed by atoms with Crippen LogP contribution in [0.5, 0.6) is 0 Å². The van der Waals surface area contributed by atoms with E-state index in [-0.39, 0.29) is 5.91 Å². The van der Waals surface area contributed by atoms with Gasteiger partial charge in [-0.05, 0) is 6.07 Å². The zero-order valence-corrected chi connectivity index (χ0v) is 10.8. The first-order valence-corrected chi connectivity index (χ1v) is 6.30. The van der Waals surface area contributed by atoms with Gasteiger partial charge in [-0.3, -0.25) is 20.5 Å². The number of carbonyl (C=O) groups excluding carboxylic acids is 1. The first kappa shape index (κ1) is 13.7. The van der Waals surface area contributed by atoms with E-state index in [1.807, 2.05) is 0 Å². The topological polar surface area (TPSA) is 92.5 Å². The fourth-order valence-corrected chi connectivity index (χ4v) is 1.96. The molecule has 1 fully saturated rings. The van der Waals surface area contributed by atoms with Crippen LogP contribution in [0.25, 0.3) is 0 Å². The lowest BCUT2D eigenvalue weighted by molar-refractivity contribution is 0.0383. The predicted octanol–water partition coefficient (Wildman–Crippen LogP) is -0.571. The number of aromatic nitrogens is 1. The third-order valence-electron chi connectivity index (χ3n) is 3.04. The highest BCUT2D eigenvalue weighted by atomic mass is 16.5. The van der Waals surface area contributed by atoms with Crippen molar-refractivity contribution in [2.45, 2.75) is 0 Å². The van der Waals surface area contributed by atoms with E-state index in [4.69, 9.17) is 10.6 Å². The molecule has 2 rings (SSSR count). The number of ether oxygens (including phenoxy) is 1. The second-order valence-electron chi connectivity index (χ2n) is 4.28. The van der Waals surface area contributed by atoms with E-state index >= 15 is 0 Å². The summed E-state index contributed by atoms with van der Waals surface area (Å²) >= 11 is 0. The van der Waals surface area contributed by atoms with Gasteiger partial charge in [0.2, 0.25) is 0 Å². The fraction of sp³-hybridized carbons (Fsp3) is 0.500. The van der Waals surface area contributed by atoms with Gasteiger partial charge in [-0.2, -0.15) is 0 Å². The molecule has 4 N–H and O–H groups in total. The number of hydrogen-bond donors (Lipinski definition) is 3. The molecule has 0 atom stereocenters. The summed E-state index contributed by atoms with van der Waals surface area (Å²) < 4.78 is 5.27. The van der Waals surface area contributed by atoms with Gasteiger partial charge < -0.3 is 15.5 Å². The number of nitrogens with one attached hydrogen (secondary N) is 2. The molecule has 1 aliphatic rings. The number of nitrogen functional groups attached to an aromatic ring is 1. The van der Waals surface area contributed by atoms with Crippen LogP contribution < -0.4 is 16.6 Å². The van der Waals surface area contributed by atoms with Crippen LogP contribution in [0, 0.1) is 0 Å². The van der Waals surface area contributed by atoms with Gasteiger partial charge in [0.1, 0.15) is 0 Å². The first-order chi connectivity index (χ1) is 9.31. The Morgan fingerprint density at radius 2 is 2.26 bits per heavy atom. The molecule has 1 aromatic heterocycles. The predicted molar refractivity (Wildman–Crippen MR) is 71.6 cm³/mol. The highest BCUT2D eigenvalue weighted by molar-refractivity contribution is 5.99. The van der Waals surface area contributed by atoms with Gasteiger partial charge in [-0.1, -0.05) is 0 Å². The highest BCUT2D eigenvalue weighted by Gasteiger charge is 2.12. The quantitative estimate of drug-likeness (QED) is 0.488. The zero-order valence-electron chi connectivity index (χ0n) is 10.8. The second kappa shape index (κ2) is 7.03. The van der Waals surface area contributed by atoms with Gasteiger partial charge in [0, 0.05) is 32.4 Å². The molecule has 104 valence electrons. The SMILES string of the molecule is NNc1cnccc1C(=O)NCCN1CCOCC1. The summed E-state index contributed by atoms with van der Waals surface area (Å²) in [4.78, 5) is 18.2. The van der Waals surface area contributed by atoms with E-state index < -0.39 is 0 Å². The number of anilines is 1. The van der Waals surface area contributed by atoms with Crippen LogP contribution in [0.2, 0.25) is 0 Å². The summed E-state index contributed by atoms with van der Waals surface area (Å²) in [6.07, 6.45) is 3.09. The van der Waals surface area contributed by atoms with Crippen LogP contribution in [0.1, 0.15) is 10.4 Å². The van der Waals surface area contributed by atoms with Crippen molar-refractivity contribution in [1.82, 2.24) is 15.2 Å². The normalized spacial score (nSPS) is 16.1. The largest absolute Gasteiger partial charge is 0.379 e. The third-order valence-corrected chi connectivity index (χ3v) is 3.04. The van der Waals surface area contributed by atoms with Crippen molar-refractivity contribution in [2.75, 3.05) is 44.8 Å². The molecule has 2 heterocycles. The summed E-state index contributed by atoms with van der Waals surface area (Å²) in [5, 5.41) is 2.88. The Bertz CT molecular complexity index is 420. The lowest BCUT2D eigenvalue weighted by Gasteiger charge is -2.26. The molecule has 0 saturated carbocycles. The molecule has 0 radical (unpaired) electrons. The minimum atomic E-state index is -0.149. The van der Waals surface area contributed by atoms with E-state index in [9.17, 15) is 4.79 Å². The Hall–Kier alpha value is -1.70. The van der Waals surface area contributed by atoms with E-state index in [2.05, 4.69) is 20.6 Å². The molecule has 7 heteroatoms. The van der Waals surface area contributed by atoms with Gasteiger partial charge >= 0.3 is 0 Å². The first-order valence-electron chi connectivity index (χ1n) is 6.30. The average molecular weight is 265 g/mol. The number of morpholine rings is 1. The summed E-state index contributed by atoms with van der Waals surface area (Å²) in [6.45, 7) is 4.79. The monoisotopic (exact) mass is 265 g/mol. The van der Waals surface area contributed by atoms with Gasteiger partial charge in [-0.25, -0.2) is 0 Å². The van der Waals surface area contributed by atoms with Gasteiger partial charge in [0.05, 0.1) is 30.7 Å². The number of nitrogens with two attached hydrogens (primary N) is 1. The maximum Gasteiger partial charge on any atom is 0.253 e. The van der Waals surface area contributed by atoms with Gasteiger partial charge in [0.15, 0.2) is 0 Å². The third kappa shape index (κ3) is 3.88. The van der Waals surface area contributed by atoms with E-state index in [1.165, 1.54) is 6.20 Å². The molecule has 1 aliphatic heterocycles. The molecule has 1 amide bonds. The number of rotatable bonds is 5. The summed E-state index contributed by atoms with van der Waals surface area (Å²) in [5.41, 5.74) is 3.49. The summed E-state index contributed by atoms with van der Waals surface area (Å²) in [5.74, 6) is 5.19. The molecule has 0 aromatic carbocycles. The fourth-order valence-electron chi connectivity index (χ4n) is 1.96. The molecule has 1 saturated heterocycles. The van der Waals surface area contributed by atoms with E-state index in [1.54, 1.807) is 12.3 Å². The summed E-state index contributed by atoms with van der Waals surface area (Å²) in [6, 6.07) is 1.64. The van der Waals surface area contributed by atoms with E-state index in [0.29, 0.717) is 17.8 Å². The van der Waals surface area contributed by atoms with E-state index in [0.717, 1.165) is 32.8 Å². The van der Waals surface area contributed by atoms with Crippen LogP contribution in [-0.4, -0.2) is 55.2 Å². The van der Waals surface area contributed by atoms with Gasteiger partial charge in [-0.15, -0.1) is 0 Å². The van der Waals surface area contributed by atoms with Crippen LogP contribution in [0.4, 0.5) is 5.69 Å². The minimum absolute atomic E-state index is 0.149. The standard InChI is InChI=1S/C12H19N5O2/c13-16-11-9-14-2-1-10(11)12(18)15-3-4-17-5-7-19-8-6-17/h1-2,9,16H,3-8,13H2,(H,15,18).